The molecule has 0 amide bonds. The SMILES string of the molecule is N#C/C(=C/O)c1ccnc(=O)[nH]1. The number of hydrogen-bond acceptors (Lipinski definition) is 4. The molecule has 60 valence electrons. The Balaban J connectivity index is 3.22. The van der Waals surface area contributed by atoms with E-state index in [9.17, 15) is 4.79 Å². The summed E-state index contributed by atoms with van der Waals surface area (Å²) in [6.45, 7) is 0. The Bertz CT molecular complexity index is 400. The molecule has 1 aromatic rings. The van der Waals surface area contributed by atoms with Crippen LogP contribution in [-0.2, 0) is 0 Å². The Morgan fingerprint density at radius 3 is 3.08 bits per heavy atom. The summed E-state index contributed by atoms with van der Waals surface area (Å²) in [5, 5.41) is 17.0. The zero-order valence-corrected chi connectivity index (χ0v) is 5.98. The predicted molar refractivity (Wildman–Crippen MR) is 41.1 cm³/mol. The fourth-order valence-electron chi connectivity index (χ4n) is 0.684. The normalized spacial score (nSPS) is 10.8. The summed E-state index contributed by atoms with van der Waals surface area (Å²) in [6.07, 6.45) is 1.89. The molecule has 0 aliphatic rings. The van der Waals surface area contributed by atoms with Gasteiger partial charge in [-0.15, -0.1) is 0 Å². The van der Waals surface area contributed by atoms with Crippen LogP contribution >= 0.6 is 0 Å². The van der Waals surface area contributed by atoms with Gasteiger partial charge < -0.3 is 10.1 Å². The van der Waals surface area contributed by atoms with Gasteiger partial charge in [0.25, 0.3) is 0 Å². The molecule has 0 unspecified atom stereocenters. The molecule has 5 heteroatoms. The quantitative estimate of drug-likeness (QED) is 0.456. The number of aromatic nitrogens is 2. The summed E-state index contributed by atoms with van der Waals surface area (Å²) in [4.78, 5) is 16.3. The van der Waals surface area contributed by atoms with Gasteiger partial charge in [-0.2, -0.15) is 5.26 Å². The lowest BCUT2D eigenvalue weighted by Gasteiger charge is -1.93. The number of aliphatic hydroxyl groups excluding tert-OH is 1. The predicted octanol–water partition coefficient (Wildman–Crippen LogP) is 0.192. The first-order chi connectivity index (χ1) is 5.77. The van der Waals surface area contributed by atoms with Crippen molar-refractivity contribution in [3.8, 4) is 6.07 Å². The maximum absolute atomic E-state index is 10.6. The Kier molecular flexibility index (Phi) is 2.23. The molecule has 0 fully saturated rings. The molecule has 0 bridgehead atoms. The summed E-state index contributed by atoms with van der Waals surface area (Å²) in [5.41, 5.74) is -0.309. The van der Waals surface area contributed by atoms with Crippen LogP contribution in [0.4, 0.5) is 0 Å². The van der Waals surface area contributed by atoms with Gasteiger partial charge >= 0.3 is 5.69 Å². The summed E-state index contributed by atoms with van der Waals surface area (Å²) < 4.78 is 0. The Morgan fingerprint density at radius 2 is 2.58 bits per heavy atom. The molecule has 1 aromatic heterocycles. The fourth-order valence-corrected chi connectivity index (χ4v) is 0.684. The maximum Gasteiger partial charge on any atom is 0.345 e. The van der Waals surface area contributed by atoms with E-state index in [1.165, 1.54) is 12.3 Å². The molecule has 0 radical (unpaired) electrons. The van der Waals surface area contributed by atoms with Crippen molar-refractivity contribution >= 4 is 5.57 Å². The highest BCUT2D eigenvalue weighted by Crippen LogP contribution is 2.05. The van der Waals surface area contributed by atoms with E-state index < -0.39 is 5.69 Å². The number of rotatable bonds is 1. The van der Waals surface area contributed by atoms with Gasteiger partial charge in [0.1, 0.15) is 11.6 Å². The molecule has 5 nitrogen and oxygen atoms in total. The molecule has 12 heavy (non-hydrogen) atoms. The van der Waals surface area contributed by atoms with Gasteiger partial charge in [0, 0.05) is 6.20 Å². The average Bonchev–Trinajstić information content (AvgIpc) is 2.07. The van der Waals surface area contributed by atoms with E-state index in [0.29, 0.717) is 6.26 Å². The highest BCUT2D eigenvalue weighted by molar-refractivity contribution is 5.72. The second-order valence-electron chi connectivity index (χ2n) is 1.94. The smallest absolute Gasteiger partial charge is 0.345 e. The van der Waals surface area contributed by atoms with E-state index in [4.69, 9.17) is 10.4 Å². The zero-order chi connectivity index (χ0) is 8.97. The minimum absolute atomic E-state index is 0.00509. The molecule has 0 saturated carbocycles. The monoisotopic (exact) mass is 163 g/mol. The lowest BCUT2D eigenvalue weighted by atomic mass is 10.2. The maximum atomic E-state index is 10.6. The van der Waals surface area contributed by atoms with Crippen molar-refractivity contribution in [1.29, 1.82) is 5.26 Å². The fraction of sp³-hybridized carbons (Fsp3) is 0. The number of hydrogen-bond donors (Lipinski definition) is 2. The van der Waals surface area contributed by atoms with Gasteiger partial charge in [0.15, 0.2) is 0 Å². The first-order valence-corrected chi connectivity index (χ1v) is 3.08. The third-order valence-corrected chi connectivity index (χ3v) is 1.21. The number of H-pyrrole nitrogens is 1. The van der Waals surface area contributed by atoms with Gasteiger partial charge in [-0.25, -0.2) is 9.78 Å². The van der Waals surface area contributed by atoms with Crippen molar-refractivity contribution in [3.63, 3.8) is 0 Å². The first-order valence-electron chi connectivity index (χ1n) is 3.08. The lowest BCUT2D eigenvalue weighted by molar-refractivity contribution is 0.476. The van der Waals surface area contributed by atoms with Crippen LogP contribution in [0.1, 0.15) is 5.69 Å². The molecular formula is C7H5N3O2. The summed E-state index contributed by atoms with van der Waals surface area (Å²) in [7, 11) is 0. The van der Waals surface area contributed by atoms with Crippen molar-refractivity contribution in [3.05, 3.63) is 34.7 Å². The third kappa shape index (κ3) is 1.49. The van der Waals surface area contributed by atoms with Crippen LogP contribution in [0, 0.1) is 11.3 Å². The van der Waals surface area contributed by atoms with E-state index in [-0.39, 0.29) is 11.3 Å². The highest BCUT2D eigenvalue weighted by atomic mass is 16.2. The largest absolute Gasteiger partial charge is 0.514 e. The number of nitrogens with zero attached hydrogens (tertiary/aromatic N) is 2. The van der Waals surface area contributed by atoms with Crippen LogP contribution in [-0.4, -0.2) is 15.1 Å². The van der Waals surface area contributed by atoms with E-state index in [0.717, 1.165) is 0 Å². The molecule has 1 rings (SSSR count). The number of aliphatic hydroxyl groups is 1. The van der Waals surface area contributed by atoms with Gasteiger partial charge in [0.2, 0.25) is 0 Å². The molecule has 1 heterocycles. The molecule has 0 atom stereocenters. The van der Waals surface area contributed by atoms with Gasteiger partial charge in [0.05, 0.1) is 12.0 Å². The zero-order valence-electron chi connectivity index (χ0n) is 5.98. The summed E-state index contributed by atoms with van der Waals surface area (Å²) >= 11 is 0. The Hall–Kier alpha value is -2.09. The second-order valence-corrected chi connectivity index (χ2v) is 1.94. The van der Waals surface area contributed by atoms with Crippen molar-refractivity contribution in [2.45, 2.75) is 0 Å². The van der Waals surface area contributed by atoms with Gasteiger partial charge in [-0.3, -0.25) is 0 Å². The standard InChI is InChI=1S/C7H5N3O2/c8-3-5(4-11)6-1-2-9-7(12)10-6/h1-2,4,11H,(H,9,10,12)/b5-4-. The van der Waals surface area contributed by atoms with Gasteiger partial charge in [-0.05, 0) is 6.07 Å². The summed E-state index contributed by atoms with van der Waals surface area (Å²) in [6, 6.07) is 3.13. The number of nitrogens with one attached hydrogen (secondary N) is 1. The molecular weight excluding hydrogens is 158 g/mol. The van der Waals surface area contributed by atoms with Gasteiger partial charge in [-0.1, -0.05) is 0 Å². The van der Waals surface area contributed by atoms with Crippen LogP contribution in [0.15, 0.2) is 23.3 Å². The molecule has 0 spiro atoms. The minimum Gasteiger partial charge on any atom is -0.514 e. The van der Waals surface area contributed by atoms with E-state index in [1.807, 2.05) is 0 Å². The van der Waals surface area contributed by atoms with Crippen molar-refractivity contribution in [2.75, 3.05) is 0 Å². The van der Waals surface area contributed by atoms with Crippen LogP contribution in [0.2, 0.25) is 0 Å². The van der Waals surface area contributed by atoms with Crippen LogP contribution in [0.5, 0.6) is 0 Å². The summed E-state index contributed by atoms with van der Waals surface area (Å²) in [5.74, 6) is 0. The second kappa shape index (κ2) is 3.34. The first kappa shape index (κ1) is 8.01. The van der Waals surface area contributed by atoms with Crippen LogP contribution in [0.3, 0.4) is 0 Å². The van der Waals surface area contributed by atoms with E-state index in [1.54, 1.807) is 6.07 Å². The number of nitriles is 1. The lowest BCUT2D eigenvalue weighted by Crippen LogP contribution is -2.10. The topological polar surface area (TPSA) is 89.8 Å². The van der Waals surface area contributed by atoms with Crippen LogP contribution in [0.25, 0.3) is 5.57 Å². The highest BCUT2D eigenvalue weighted by Gasteiger charge is 1.99. The van der Waals surface area contributed by atoms with Crippen LogP contribution < -0.4 is 5.69 Å². The number of aromatic amines is 1. The average molecular weight is 163 g/mol. The molecule has 0 aromatic carbocycles. The Morgan fingerprint density at radius 1 is 1.83 bits per heavy atom. The molecule has 2 N–H and O–H groups in total. The molecule has 0 aliphatic heterocycles. The number of allylic oxidation sites excluding steroid dienone is 1. The Labute approximate surface area is 67.6 Å². The van der Waals surface area contributed by atoms with E-state index >= 15 is 0 Å². The molecule has 0 saturated heterocycles. The van der Waals surface area contributed by atoms with Crippen molar-refractivity contribution < 1.29 is 5.11 Å². The minimum atomic E-state index is -0.554. The van der Waals surface area contributed by atoms with Crippen molar-refractivity contribution in [2.24, 2.45) is 0 Å². The van der Waals surface area contributed by atoms with E-state index in [2.05, 4.69) is 9.97 Å². The van der Waals surface area contributed by atoms with Crippen molar-refractivity contribution in [1.82, 2.24) is 9.97 Å². The molecule has 0 aliphatic carbocycles. The third-order valence-electron chi connectivity index (χ3n) is 1.21.